The van der Waals surface area contributed by atoms with E-state index >= 15 is 0 Å². The molecule has 0 amide bonds. The van der Waals surface area contributed by atoms with Crippen LogP contribution in [0.2, 0.25) is 0 Å². The molecule has 0 saturated heterocycles. The molecule has 3 atom stereocenters. The number of anilines is 1. The molecule has 11 heteroatoms. The van der Waals surface area contributed by atoms with Crippen molar-refractivity contribution in [2.45, 2.75) is 63.9 Å². The fourth-order valence-electron chi connectivity index (χ4n) is 5.51. The number of fused-ring (bicyclic) bond motifs is 4. The lowest BCUT2D eigenvalue weighted by atomic mass is 9.99. The number of aliphatic hydroxyl groups is 1. The van der Waals surface area contributed by atoms with E-state index in [0.29, 0.717) is 36.6 Å². The average Bonchev–Trinajstić information content (AvgIpc) is 3.05. The first kappa shape index (κ1) is 33.8. The number of aliphatic hydroxyl groups excluding tert-OH is 1. The Labute approximate surface area is 275 Å². The van der Waals surface area contributed by atoms with Gasteiger partial charge in [-0.1, -0.05) is 37.3 Å². The van der Waals surface area contributed by atoms with E-state index < -0.39 is 34.2 Å². The number of carboxylic acid groups (broad SMARTS) is 1. The SMILES string of the molecule is CCC(Oc1ccc(-c2cc(C)c(OCCN[C@@H](C)[C@H](O)c3ccc4cc3NS(=O)(=O)c3cccc(c3)CO4)c(C)c2)cc1)C(=O)O. The van der Waals surface area contributed by atoms with Crippen molar-refractivity contribution in [1.29, 1.82) is 0 Å². The molecule has 1 aliphatic rings. The summed E-state index contributed by atoms with van der Waals surface area (Å²) >= 11 is 0. The van der Waals surface area contributed by atoms with Crippen LogP contribution in [0.25, 0.3) is 11.1 Å². The van der Waals surface area contributed by atoms with E-state index in [1.165, 1.54) is 6.07 Å². The van der Waals surface area contributed by atoms with Crippen LogP contribution in [0.5, 0.6) is 17.2 Å². The van der Waals surface area contributed by atoms with Gasteiger partial charge in [0.1, 0.15) is 30.5 Å². The number of aryl methyl sites for hydroxylation is 2. The lowest BCUT2D eigenvalue weighted by molar-refractivity contribution is -0.145. The highest BCUT2D eigenvalue weighted by atomic mass is 32.2. The van der Waals surface area contributed by atoms with Crippen LogP contribution < -0.4 is 24.2 Å². The fourth-order valence-corrected chi connectivity index (χ4v) is 6.66. The lowest BCUT2D eigenvalue weighted by Crippen LogP contribution is -2.35. The second kappa shape index (κ2) is 14.5. The van der Waals surface area contributed by atoms with Crippen molar-refractivity contribution in [3.8, 4) is 28.4 Å². The standard InChI is InChI=1S/C36H40N2O8S/c1-5-33(36(40)41)46-28-11-9-26(10-12-28)27-17-22(2)35(23(3)18-27)44-16-15-37-24(4)34(39)31-14-13-29-20-32(31)38-47(42,43)30-8-6-7-25(19-30)21-45-29/h6-14,17-20,24,33-34,37-39H,5,15-16,21H2,1-4H3,(H,40,41)/t24-,33?,34-/m0/s1. The highest BCUT2D eigenvalue weighted by Gasteiger charge is 2.24. The van der Waals surface area contributed by atoms with Crippen molar-refractivity contribution in [2.75, 3.05) is 17.9 Å². The molecule has 4 bridgehead atoms. The third-order valence-electron chi connectivity index (χ3n) is 8.06. The van der Waals surface area contributed by atoms with Gasteiger partial charge in [-0.05, 0) is 97.5 Å². The topological polar surface area (TPSA) is 143 Å². The van der Waals surface area contributed by atoms with Gasteiger partial charge in [0.05, 0.1) is 16.7 Å². The second-order valence-corrected chi connectivity index (χ2v) is 13.3. The zero-order valence-electron chi connectivity index (χ0n) is 26.8. The number of rotatable bonds is 12. The highest BCUT2D eigenvalue weighted by molar-refractivity contribution is 7.92. The first-order valence-electron chi connectivity index (χ1n) is 15.5. The van der Waals surface area contributed by atoms with Crippen LogP contribution in [0.15, 0.2) is 83.8 Å². The molecule has 248 valence electrons. The predicted octanol–water partition coefficient (Wildman–Crippen LogP) is 6.00. The minimum atomic E-state index is -3.87. The number of hydrogen-bond donors (Lipinski definition) is 4. The summed E-state index contributed by atoms with van der Waals surface area (Å²) in [6, 6.07) is 22.6. The molecule has 5 rings (SSSR count). The highest BCUT2D eigenvalue weighted by Crippen LogP contribution is 2.34. The molecule has 4 aromatic carbocycles. The van der Waals surface area contributed by atoms with E-state index in [1.54, 1.807) is 55.5 Å². The van der Waals surface area contributed by atoms with E-state index in [1.807, 2.05) is 45.0 Å². The molecule has 4 aromatic rings. The van der Waals surface area contributed by atoms with Crippen LogP contribution in [-0.2, 0) is 21.4 Å². The molecule has 10 nitrogen and oxygen atoms in total. The number of nitrogens with one attached hydrogen (secondary N) is 2. The summed E-state index contributed by atoms with van der Waals surface area (Å²) in [5, 5.41) is 23.8. The molecule has 1 unspecified atom stereocenters. The molecule has 0 fully saturated rings. The maximum Gasteiger partial charge on any atom is 0.344 e. The molecule has 4 N–H and O–H groups in total. The molecular formula is C36H40N2O8S. The van der Waals surface area contributed by atoms with Gasteiger partial charge in [0.2, 0.25) is 0 Å². The van der Waals surface area contributed by atoms with Gasteiger partial charge in [0.15, 0.2) is 6.10 Å². The number of carbonyl (C=O) groups is 1. The number of carboxylic acids is 1. The molecule has 1 heterocycles. The van der Waals surface area contributed by atoms with E-state index in [9.17, 15) is 23.4 Å². The lowest BCUT2D eigenvalue weighted by Gasteiger charge is -2.24. The van der Waals surface area contributed by atoms with Gasteiger partial charge < -0.3 is 29.7 Å². The number of aliphatic carboxylic acids is 1. The molecule has 0 radical (unpaired) electrons. The smallest absolute Gasteiger partial charge is 0.344 e. The Hall–Kier alpha value is -4.58. The van der Waals surface area contributed by atoms with Crippen molar-refractivity contribution < 1.29 is 37.6 Å². The van der Waals surface area contributed by atoms with Gasteiger partial charge in [-0.2, -0.15) is 0 Å². The Morgan fingerprint density at radius 2 is 1.72 bits per heavy atom. The van der Waals surface area contributed by atoms with Gasteiger partial charge in [-0.25, -0.2) is 13.2 Å². The number of hydrogen-bond acceptors (Lipinski definition) is 8. The van der Waals surface area contributed by atoms with Crippen LogP contribution in [0.3, 0.4) is 0 Å². The van der Waals surface area contributed by atoms with Crippen LogP contribution in [0, 0.1) is 13.8 Å². The third-order valence-corrected chi connectivity index (χ3v) is 9.43. The van der Waals surface area contributed by atoms with Crippen LogP contribution in [-0.4, -0.2) is 49.9 Å². The maximum atomic E-state index is 13.1. The van der Waals surface area contributed by atoms with Crippen molar-refractivity contribution in [3.05, 3.63) is 101 Å². The quantitative estimate of drug-likeness (QED) is 0.135. The first-order valence-corrected chi connectivity index (χ1v) is 17.0. The summed E-state index contributed by atoms with van der Waals surface area (Å²) in [4.78, 5) is 11.4. The number of benzene rings is 4. The first-order chi connectivity index (χ1) is 22.4. The Balaban J connectivity index is 1.19. The largest absolute Gasteiger partial charge is 0.492 e. The fraction of sp³-hybridized carbons (Fsp3) is 0.306. The summed E-state index contributed by atoms with van der Waals surface area (Å²) in [6.07, 6.45) is -1.53. The summed E-state index contributed by atoms with van der Waals surface area (Å²) in [7, 11) is -3.87. The van der Waals surface area contributed by atoms with E-state index in [-0.39, 0.29) is 17.2 Å². The Morgan fingerprint density at radius 1 is 1.00 bits per heavy atom. The summed E-state index contributed by atoms with van der Waals surface area (Å²) in [6.45, 7) is 8.55. The molecule has 0 spiro atoms. The van der Waals surface area contributed by atoms with E-state index in [4.69, 9.17) is 14.2 Å². The van der Waals surface area contributed by atoms with Crippen molar-refractivity contribution in [3.63, 3.8) is 0 Å². The average molecular weight is 661 g/mol. The van der Waals surface area contributed by atoms with Crippen molar-refractivity contribution in [1.82, 2.24) is 5.32 Å². The minimum Gasteiger partial charge on any atom is -0.492 e. The van der Waals surface area contributed by atoms with Gasteiger partial charge >= 0.3 is 5.97 Å². The normalized spacial score (nSPS) is 15.3. The zero-order valence-corrected chi connectivity index (χ0v) is 27.6. The van der Waals surface area contributed by atoms with Crippen LogP contribution in [0.1, 0.15) is 48.6 Å². The molecule has 0 saturated carbocycles. The van der Waals surface area contributed by atoms with E-state index in [0.717, 1.165) is 33.6 Å². The molecule has 0 aliphatic carbocycles. The maximum absolute atomic E-state index is 13.1. The van der Waals surface area contributed by atoms with Gasteiger partial charge in [-0.3, -0.25) is 4.72 Å². The van der Waals surface area contributed by atoms with Crippen molar-refractivity contribution in [2.24, 2.45) is 0 Å². The molecule has 47 heavy (non-hydrogen) atoms. The number of sulfonamides is 1. The molecular weight excluding hydrogens is 620 g/mol. The Morgan fingerprint density at radius 3 is 2.40 bits per heavy atom. The van der Waals surface area contributed by atoms with Crippen LogP contribution in [0.4, 0.5) is 5.69 Å². The van der Waals surface area contributed by atoms with E-state index in [2.05, 4.69) is 10.0 Å². The Kier molecular flexibility index (Phi) is 10.4. The molecule has 0 aromatic heterocycles. The van der Waals surface area contributed by atoms with Crippen molar-refractivity contribution >= 4 is 21.7 Å². The third kappa shape index (κ3) is 8.05. The Bertz CT molecular complexity index is 1820. The summed E-state index contributed by atoms with van der Waals surface area (Å²) < 4.78 is 46.4. The van der Waals surface area contributed by atoms with Gasteiger partial charge in [0, 0.05) is 24.2 Å². The van der Waals surface area contributed by atoms with Crippen LogP contribution >= 0.6 is 0 Å². The van der Waals surface area contributed by atoms with Gasteiger partial charge in [0.25, 0.3) is 10.0 Å². The molecule has 1 aliphatic heterocycles. The monoisotopic (exact) mass is 660 g/mol. The summed E-state index contributed by atoms with van der Waals surface area (Å²) in [5.41, 5.74) is 5.31. The second-order valence-electron chi connectivity index (χ2n) is 11.6. The predicted molar refractivity (Wildman–Crippen MR) is 180 cm³/mol. The summed E-state index contributed by atoms with van der Waals surface area (Å²) in [5.74, 6) is 0.774. The number of ether oxygens (including phenoxy) is 3. The minimum absolute atomic E-state index is 0.124. The zero-order chi connectivity index (χ0) is 33.7. The van der Waals surface area contributed by atoms with Gasteiger partial charge in [-0.15, -0.1) is 0 Å².